The molecule has 0 bridgehead atoms. The number of sulfone groups is 1. The number of hydrogen-bond donors (Lipinski definition) is 1. The van der Waals surface area contributed by atoms with E-state index in [1.807, 2.05) is 0 Å². The van der Waals surface area contributed by atoms with Gasteiger partial charge in [0.2, 0.25) is 15.9 Å². The van der Waals surface area contributed by atoms with Crippen molar-refractivity contribution in [2.75, 3.05) is 24.6 Å². The Kier molecular flexibility index (Phi) is 6.75. The zero-order chi connectivity index (χ0) is 22.1. The Balaban J connectivity index is 1.78. The number of nitrogens with one attached hydrogen (secondary N) is 1. The van der Waals surface area contributed by atoms with Crippen molar-refractivity contribution in [1.82, 2.24) is 24.2 Å². The topological polar surface area (TPSA) is 131 Å². The van der Waals surface area contributed by atoms with Crippen LogP contribution in [0.4, 0.5) is 0 Å². The number of fused-ring (bicyclic) bond motifs is 1. The molecule has 1 saturated heterocycles. The number of amides is 1. The molecule has 1 aliphatic heterocycles. The normalized spacial score (nSPS) is 19.9. The van der Waals surface area contributed by atoms with Gasteiger partial charge in [0.1, 0.15) is 0 Å². The first-order chi connectivity index (χ1) is 14.1. The summed E-state index contributed by atoms with van der Waals surface area (Å²) in [6, 6.07) is 2.68. The number of carbonyl (C=O) groups excluding carboxylic acids is 1. The van der Waals surface area contributed by atoms with Crippen molar-refractivity contribution < 1.29 is 21.6 Å². The fourth-order valence-electron chi connectivity index (χ4n) is 3.23. The molecule has 1 amide bonds. The molecule has 10 nitrogen and oxygen atoms in total. The molecule has 3 rings (SSSR count). The summed E-state index contributed by atoms with van der Waals surface area (Å²) >= 11 is 1.13. The summed E-state index contributed by atoms with van der Waals surface area (Å²) in [6.07, 6.45) is 1.87. The Morgan fingerprint density at radius 3 is 2.63 bits per heavy atom. The lowest BCUT2D eigenvalue weighted by atomic mass is 10.2. The maximum absolute atomic E-state index is 12.8. The lowest BCUT2D eigenvalue weighted by Crippen LogP contribution is -2.40. The molecule has 2 atom stereocenters. The first-order valence-electron chi connectivity index (χ1n) is 9.59. The number of sulfonamides is 1. The number of rotatable bonds is 8. The first-order valence-corrected chi connectivity index (χ1v) is 13.7. The van der Waals surface area contributed by atoms with Crippen LogP contribution in [0.5, 0.6) is 0 Å². The van der Waals surface area contributed by atoms with Gasteiger partial charge in [-0.25, -0.2) is 16.8 Å². The number of aromatic nitrogens is 3. The van der Waals surface area contributed by atoms with E-state index in [-0.39, 0.29) is 28.4 Å². The van der Waals surface area contributed by atoms with E-state index in [0.29, 0.717) is 30.3 Å². The van der Waals surface area contributed by atoms with Crippen LogP contribution in [0.25, 0.3) is 5.65 Å². The summed E-state index contributed by atoms with van der Waals surface area (Å²) in [7, 11) is -6.73. The van der Waals surface area contributed by atoms with Crippen LogP contribution in [0, 0.1) is 0 Å². The minimum Gasteiger partial charge on any atom is -0.351 e. The molecule has 1 N–H and O–H groups in total. The highest BCUT2D eigenvalue weighted by atomic mass is 32.2. The van der Waals surface area contributed by atoms with Gasteiger partial charge in [-0.15, -0.1) is 10.2 Å². The summed E-state index contributed by atoms with van der Waals surface area (Å²) in [5, 5.41) is 10.7. The fraction of sp³-hybridized carbons (Fsp3) is 0.588. The lowest BCUT2D eigenvalue weighted by molar-refractivity contribution is -0.120. The summed E-state index contributed by atoms with van der Waals surface area (Å²) in [6.45, 7) is 5.94. The molecule has 0 radical (unpaired) electrons. The standard InChI is InChI=1S/C17H25N5O5S3/c1-4-21(5-2)30(26,27)14-6-7-15-19-20-17(22(15)10-14)28-12(3)16(23)18-13-8-9-29(24,25)11-13/h6-7,10,12-13H,4-5,8-9,11H2,1-3H3,(H,18,23)/t12-,13-/m0/s1. The Bertz CT molecular complexity index is 1140. The van der Waals surface area contributed by atoms with Gasteiger partial charge in [0, 0.05) is 25.3 Å². The molecule has 3 heterocycles. The van der Waals surface area contributed by atoms with Gasteiger partial charge < -0.3 is 5.32 Å². The van der Waals surface area contributed by atoms with E-state index in [0.717, 1.165) is 11.8 Å². The summed E-state index contributed by atoms with van der Waals surface area (Å²) in [4.78, 5) is 12.6. The van der Waals surface area contributed by atoms with Gasteiger partial charge in [-0.2, -0.15) is 4.31 Å². The minimum atomic E-state index is -3.65. The predicted molar refractivity (Wildman–Crippen MR) is 114 cm³/mol. The molecule has 1 fully saturated rings. The van der Waals surface area contributed by atoms with E-state index in [1.54, 1.807) is 31.2 Å². The smallest absolute Gasteiger partial charge is 0.244 e. The van der Waals surface area contributed by atoms with Crippen LogP contribution >= 0.6 is 11.8 Å². The summed E-state index contributed by atoms with van der Waals surface area (Å²) in [5.41, 5.74) is 0.463. The van der Waals surface area contributed by atoms with Gasteiger partial charge in [-0.3, -0.25) is 9.20 Å². The Labute approximate surface area is 180 Å². The molecule has 0 aliphatic carbocycles. The molecule has 166 valence electrons. The molecular weight excluding hydrogens is 450 g/mol. The van der Waals surface area contributed by atoms with Crippen LogP contribution in [0.2, 0.25) is 0 Å². The largest absolute Gasteiger partial charge is 0.351 e. The molecule has 30 heavy (non-hydrogen) atoms. The molecule has 2 aromatic heterocycles. The molecule has 0 aromatic carbocycles. The maximum Gasteiger partial charge on any atom is 0.244 e. The third kappa shape index (κ3) is 4.79. The van der Waals surface area contributed by atoms with Crippen molar-refractivity contribution in [3.63, 3.8) is 0 Å². The summed E-state index contributed by atoms with van der Waals surface area (Å²) < 4.78 is 51.6. The second-order valence-corrected chi connectivity index (χ2v) is 12.5. The van der Waals surface area contributed by atoms with Gasteiger partial charge in [-0.05, 0) is 25.5 Å². The second-order valence-electron chi connectivity index (χ2n) is 7.03. The second kappa shape index (κ2) is 8.81. The van der Waals surface area contributed by atoms with Crippen LogP contribution in [-0.4, -0.2) is 77.5 Å². The Morgan fingerprint density at radius 2 is 2.03 bits per heavy atom. The van der Waals surface area contributed by atoms with Crippen LogP contribution in [0.1, 0.15) is 27.2 Å². The fourth-order valence-corrected chi connectivity index (χ4v) is 7.20. The van der Waals surface area contributed by atoms with Crippen LogP contribution < -0.4 is 5.32 Å². The zero-order valence-electron chi connectivity index (χ0n) is 17.0. The van der Waals surface area contributed by atoms with Crippen LogP contribution in [0.3, 0.4) is 0 Å². The maximum atomic E-state index is 12.8. The van der Waals surface area contributed by atoms with Crippen molar-refractivity contribution in [3.8, 4) is 0 Å². The number of pyridine rings is 1. The van der Waals surface area contributed by atoms with Gasteiger partial charge >= 0.3 is 0 Å². The molecule has 13 heteroatoms. The number of thioether (sulfide) groups is 1. The van der Waals surface area contributed by atoms with E-state index < -0.39 is 25.1 Å². The van der Waals surface area contributed by atoms with Crippen LogP contribution in [-0.2, 0) is 24.7 Å². The monoisotopic (exact) mass is 475 g/mol. The van der Waals surface area contributed by atoms with Gasteiger partial charge in [0.15, 0.2) is 20.6 Å². The predicted octanol–water partition coefficient (Wildman–Crippen LogP) is 0.544. The molecule has 0 spiro atoms. The van der Waals surface area contributed by atoms with E-state index in [4.69, 9.17) is 0 Å². The average molecular weight is 476 g/mol. The number of nitrogens with zero attached hydrogens (tertiary/aromatic N) is 4. The van der Waals surface area contributed by atoms with E-state index in [1.165, 1.54) is 16.6 Å². The quantitative estimate of drug-likeness (QED) is 0.548. The first kappa shape index (κ1) is 23.0. The minimum absolute atomic E-state index is 0.0451. The van der Waals surface area contributed by atoms with E-state index in [9.17, 15) is 21.6 Å². The Hall–Kier alpha value is -1.70. The highest BCUT2D eigenvalue weighted by Gasteiger charge is 2.30. The highest BCUT2D eigenvalue weighted by Crippen LogP contribution is 2.25. The van der Waals surface area contributed by atoms with Crippen molar-refractivity contribution in [1.29, 1.82) is 0 Å². The third-order valence-corrected chi connectivity index (χ3v) is 9.78. The van der Waals surface area contributed by atoms with Gasteiger partial charge in [0.05, 0.1) is 21.7 Å². The zero-order valence-corrected chi connectivity index (χ0v) is 19.4. The number of hydrogen-bond acceptors (Lipinski definition) is 8. The van der Waals surface area contributed by atoms with E-state index >= 15 is 0 Å². The van der Waals surface area contributed by atoms with Gasteiger partial charge in [0.25, 0.3) is 0 Å². The van der Waals surface area contributed by atoms with E-state index in [2.05, 4.69) is 15.5 Å². The SMILES string of the molecule is CCN(CC)S(=O)(=O)c1ccc2nnc(S[C@@H](C)C(=O)N[C@H]3CCS(=O)(=O)C3)n2c1. The van der Waals surface area contributed by atoms with Crippen molar-refractivity contribution in [2.45, 2.75) is 48.5 Å². The Morgan fingerprint density at radius 1 is 1.33 bits per heavy atom. The highest BCUT2D eigenvalue weighted by molar-refractivity contribution is 8.00. The van der Waals surface area contributed by atoms with Crippen LogP contribution in [0.15, 0.2) is 28.4 Å². The van der Waals surface area contributed by atoms with Crippen molar-refractivity contribution in [3.05, 3.63) is 18.3 Å². The third-order valence-electron chi connectivity index (χ3n) is 4.92. The van der Waals surface area contributed by atoms with Crippen molar-refractivity contribution in [2.24, 2.45) is 0 Å². The average Bonchev–Trinajstić information content (AvgIpc) is 3.24. The molecule has 0 unspecified atom stereocenters. The van der Waals surface area contributed by atoms with Gasteiger partial charge in [-0.1, -0.05) is 25.6 Å². The molecule has 1 aliphatic rings. The molecule has 0 saturated carbocycles. The van der Waals surface area contributed by atoms with Crippen molar-refractivity contribution >= 4 is 43.2 Å². The lowest BCUT2D eigenvalue weighted by Gasteiger charge is -2.18. The molecular formula is C17H25N5O5S3. The number of carbonyl (C=O) groups is 1. The summed E-state index contributed by atoms with van der Waals surface area (Å²) in [5.74, 6) is -0.264. The molecule has 2 aromatic rings.